The lowest BCUT2D eigenvalue weighted by atomic mass is 9.94. The molecule has 0 aliphatic carbocycles. The van der Waals surface area contributed by atoms with Gasteiger partial charge in [-0.3, -0.25) is 9.59 Å². The van der Waals surface area contributed by atoms with E-state index in [1.54, 1.807) is 50.6 Å². The van der Waals surface area contributed by atoms with Crippen LogP contribution in [0, 0.1) is 0 Å². The van der Waals surface area contributed by atoms with Crippen LogP contribution in [0.5, 0.6) is 17.2 Å². The molecule has 2 aliphatic rings. The number of ketones is 1. The monoisotopic (exact) mass is 509 g/mol. The van der Waals surface area contributed by atoms with Crippen LogP contribution in [-0.4, -0.2) is 61.8 Å². The van der Waals surface area contributed by atoms with Crippen LogP contribution >= 0.6 is 0 Å². The maximum atomic E-state index is 13.3. The van der Waals surface area contributed by atoms with Gasteiger partial charge in [0, 0.05) is 18.7 Å². The number of nitrogens with zero attached hydrogens (tertiary/aromatic N) is 1. The van der Waals surface area contributed by atoms with Crippen LogP contribution < -0.4 is 14.2 Å². The third kappa shape index (κ3) is 5.74. The summed E-state index contributed by atoms with van der Waals surface area (Å²) in [5.41, 5.74) is 1.10. The highest BCUT2D eigenvalue weighted by Gasteiger charge is 2.47. The van der Waals surface area contributed by atoms with Crippen LogP contribution in [0.2, 0.25) is 0 Å². The van der Waals surface area contributed by atoms with E-state index in [-0.39, 0.29) is 24.0 Å². The number of likely N-dealkylation sites (tertiary alicyclic amines) is 1. The second-order valence-electron chi connectivity index (χ2n) is 9.28. The lowest BCUT2D eigenvalue weighted by molar-refractivity contribution is -0.140. The van der Waals surface area contributed by atoms with E-state index >= 15 is 0 Å². The smallest absolute Gasteiger partial charge is 0.295 e. The molecule has 2 aromatic rings. The second-order valence-corrected chi connectivity index (χ2v) is 9.28. The second kappa shape index (κ2) is 12.1. The number of methoxy groups -OCH3 is 2. The van der Waals surface area contributed by atoms with Crippen molar-refractivity contribution in [1.29, 1.82) is 0 Å². The average molecular weight is 510 g/mol. The molecule has 2 saturated heterocycles. The summed E-state index contributed by atoms with van der Waals surface area (Å²) in [6, 6.07) is 11.3. The first-order valence-corrected chi connectivity index (χ1v) is 12.8. The summed E-state index contributed by atoms with van der Waals surface area (Å²) in [5, 5.41) is 11.3. The van der Waals surface area contributed by atoms with Gasteiger partial charge in [0.25, 0.3) is 11.7 Å². The number of aliphatic hydroxyl groups excluding tert-OH is 1. The number of rotatable bonds is 11. The third-order valence-corrected chi connectivity index (χ3v) is 6.84. The molecule has 1 amide bonds. The molecule has 8 nitrogen and oxygen atoms in total. The number of amides is 1. The number of carbonyl (C=O) groups excluding carboxylic acids is 2. The number of unbranched alkanes of at least 4 members (excludes halogenated alkanes) is 2. The van der Waals surface area contributed by atoms with Gasteiger partial charge in [0.2, 0.25) is 0 Å². The Morgan fingerprint density at radius 2 is 1.84 bits per heavy atom. The van der Waals surface area contributed by atoms with E-state index in [9.17, 15) is 14.7 Å². The molecule has 2 aromatic carbocycles. The van der Waals surface area contributed by atoms with Crippen molar-refractivity contribution in [3.8, 4) is 17.2 Å². The number of aliphatic hydroxyl groups is 1. The molecule has 37 heavy (non-hydrogen) atoms. The SMILES string of the molecule is CCCCCOc1ccc(C2/C(=C(\O)c3ccc(OC)cc3)C(=O)C(=O)N2CC2CCCO2)cc1OC. The number of benzene rings is 2. The molecule has 2 aliphatic heterocycles. The van der Waals surface area contributed by atoms with Gasteiger partial charge in [-0.05, 0) is 61.2 Å². The van der Waals surface area contributed by atoms with Gasteiger partial charge >= 0.3 is 0 Å². The average Bonchev–Trinajstić information content (AvgIpc) is 3.53. The van der Waals surface area contributed by atoms with Crippen molar-refractivity contribution < 1.29 is 33.6 Å². The van der Waals surface area contributed by atoms with Crippen LogP contribution in [0.25, 0.3) is 5.76 Å². The van der Waals surface area contributed by atoms with Crippen molar-refractivity contribution in [2.45, 2.75) is 51.2 Å². The highest BCUT2D eigenvalue weighted by molar-refractivity contribution is 6.46. The molecule has 198 valence electrons. The maximum Gasteiger partial charge on any atom is 0.295 e. The highest BCUT2D eigenvalue weighted by atomic mass is 16.5. The van der Waals surface area contributed by atoms with Crippen molar-refractivity contribution in [3.63, 3.8) is 0 Å². The minimum Gasteiger partial charge on any atom is -0.507 e. The molecule has 8 heteroatoms. The fraction of sp³-hybridized carbons (Fsp3) is 0.448. The van der Waals surface area contributed by atoms with Crippen LogP contribution in [0.1, 0.15) is 56.2 Å². The van der Waals surface area contributed by atoms with Gasteiger partial charge in [0.1, 0.15) is 11.5 Å². The summed E-state index contributed by atoms with van der Waals surface area (Å²) in [7, 11) is 3.11. The normalized spacial score (nSPS) is 20.9. The van der Waals surface area contributed by atoms with Crippen LogP contribution in [0.4, 0.5) is 0 Å². The largest absolute Gasteiger partial charge is 0.507 e. The summed E-state index contributed by atoms with van der Waals surface area (Å²) < 4.78 is 22.5. The summed E-state index contributed by atoms with van der Waals surface area (Å²) >= 11 is 0. The molecule has 2 atom stereocenters. The first-order chi connectivity index (χ1) is 18.0. The van der Waals surface area contributed by atoms with Gasteiger partial charge in [-0.25, -0.2) is 0 Å². The summed E-state index contributed by atoms with van der Waals surface area (Å²) in [6.07, 6.45) is 4.65. The Labute approximate surface area is 217 Å². The van der Waals surface area contributed by atoms with Crippen LogP contribution in [-0.2, 0) is 14.3 Å². The lowest BCUT2D eigenvalue weighted by Gasteiger charge is -2.28. The fourth-order valence-electron chi connectivity index (χ4n) is 4.83. The molecular weight excluding hydrogens is 474 g/mol. The Hall–Kier alpha value is -3.52. The van der Waals surface area contributed by atoms with Crippen LogP contribution in [0.15, 0.2) is 48.0 Å². The first-order valence-electron chi connectivity index (χ1n) is 12.8. The maximum absolute atomic E-state index is 13.3. The Balaban J connectivity index is 1.75. The first kappa shape index (κ1) is 26.5. The number of carbonyl (C=O) groups is 2. The minimum absolute atomic E-state index is 0.0341. The molecule has 0 aromatic heterocycles. The van der Waals surface area contributed by atoms with E-state index in [0.717, 1.165) is 32.1 Å². The van der Waals surface area contributed by atoms with Crippen molar-refractivity contribution in [2.75, 3.05) is 34.0 Å². The Morgan fingerprint density at radius 1 is 1.05 bits per heavy atom. The highest BCUT2D eigenvalue weighted by Crippen LogP contribution is 2.42. The van der Waals surface area contributed by atoms with Gasteiger partial charge in [-0.2, -0.15) is 0 Å². The number of Topliss-reactive ketones (excluding diaryl/α,β-unsaturated/α-hetero) is 1. The zero-order valence-corrected chi connectivity index (χ0v) is 21.7. The summed E-state index contributed by atoms with van der Waals surface area (Å²) in [6.45, 7) is 3.59. The number of hydrogen-bond acceptors (Lipinski definition) is 7. The number of hydrogen-bond donors (Lipinski definition) is 1. The standard InChI is InChI=1S/C29H35NO7/c1-4-5-6-15-37-23-14-11-20(17-24(23)35-3)26-25(27(31)19-9-12-21(34-2)13-10-19)28(32)29(33)30(26)18-22-8-7-16-36-22/h9-14,17,22,26,31H,4-8,15-16,18H2,1-3H3/b27-25+. The molecule has 2 heterocycles. The van der Waals surface area contributed by atoms with E-state index < -0.39 is 17.7 Å². The molecule has 2 fully saturated rings. The minimum atomic E-state index is -0.797. The van der Waals surface area contributed by atoms with Crippen molar-refractivity contribution in [2.24, 2.45) is 0 Å². The zero-order valence-electron chi connectivity index (χ0n) is 21.7. The molecule has 0 spiro atoms. The molecule has 4 rings (SSSR count). The fourth-order valence-corrected chi connectivity index (χ4v) is 4.83. The van der Waals surface area contributed by atoms with Gasteiger partial charge in [-0.15, -0.1) is 0 Å². The predicted molar refractivity (Wildman–Crippen MR) is 139 cm³/mol. The van der Waals surface area contributed by atoms with Crippen molar-refractivity contribution >= 4 is 17.4 Å². The Bertz CT molecular complexity index is 1140. The Kier molecular flexibility index (Phi) is 8.71. The van der Waals surface area contributed by atoms with Gasteiger partial charge in [0.05, 0.1) is 38.5 Å². The molecule has 0 bridgehead atoms. The number of ether oxygens (including phenoxy) is 4. The van der Waals surface area contributed by atoms with E-state index in [4.69, 9.17) is 18.9 Å². The molecule has 1 N–H and O–H groups in total. The van der Waals surface area contributed by atoms with E-state index in [2.05, 4.69) is 6.92 Å². The van der Waals surface area contributed by atoms with Gasteiger partial charge in [0.15, 0.2) is 11.5 Å². The van der Waals surface area contributed by atoms with E-state index in [1.165, 1.54) is 4.90 Å². The zero-order chi connectivity index (χ0) is 26.4. The summed E-state index contributed by atoms with van der Waals surface area (Å²) in [5.74, 6) is 0.0882. The predicted octanol–water partition coefficient (Wildman–Crippen LogP) is 4.87. The summed E-state index contributed by atoms with van der Waals surface area (Å²) in [4.78, 5) is 28.1. The van der Waals surface area contributed by atoms with Gasteiger partial charge in [-0.1, -0.05) is 25.8 Å². The third-order valence-electron chi connectivity index (χ3n) is 6.84. The van der Waals surface area contributed by atoms with Gasteiger partial charge < -0.3 is 29.0 Å². The van der Waals surface area contributed by atoms with E-state index in [1.807, 2.05) is 6.07 Å². The van der Waals surface area contributed by atoms with Crippen molar-refractivity contribution in [3.05, 3.63) is 59.2 Å². The van der Waals surface area contributed by atoms with E-state index in [0.29, 0.717) is 41.6 Å². The quantitative estimate of drug-likeness (QED) is 0.200. The molecule has 0 radical (unpaired) electrons. The van der Waals surface area contributed by atoms with Crippen molar-refractivity contribution in [1.82, 2.24) is 4.90 Å². The lowest BCUT2D eigenvalue weighted by Crippen LogP contribution is -2.36. The molecule has 0 saturated carbocycles. The Morgan fingerprint density at radius 3 is 2.49 bits per heavy atom. The van der Waals surface area contributed by atoms with Crippen LogP contribution in [0.3, 0.4) is 0 Å². The molecule has 2 unspecified atom stereocenters. The molecular formula is C29H35NO7. The topological polar surface area (TPSA) is 94.5 Å².